The molecule has 0 amide bonds. The number of aromatic amines is 1. The number of rotatable bonds is 3. The molecule has 0 aliphatic carbocycles. The second kappa shape index (κ2) is 5.15. The summed E-state index contributed by atoms with van der Waals surface area (Å²) in [4.78, 5) is 7.25. The molecule has 4 nitrogen and oxygen atoms in total. The minimum Gasteiger partial charge on any atom is -0.384 e. The van der Waals surface area contributed by atoms with Crippen molar-refractivity contribution in [2.45, 2.75) is 32.3 Å². The molecule has 0 radical (unpaired) electrons. The van der Waals surface area contributed by atoms with Gasteiger partial charge in [-0.05, 0) is 16.5 Å². The number of aliphatic hydroxyl groups is 1. The van der Waals surface area contributed by atoms with Crippen molar-refractivity contribution in [3.8, 4) is 11.3 Å². The molecule has 4 heteroatoms. The van der Waals surface area contributed by atoms with Crippen LogP contribution in [0, 0.1) is 0 Å². The number of nitrogens with zero attached hydrogens (tertiary/aromatic N) is 1. The highest BCUT2D eigenvalue weighted by molar-refractivity contribution is 5.59. The number of hydrogen-bond acceptors (Lipinski definition) is 3. The molecular weight excluding hydrogens is 238 g/mol. The topological polar surface area (TPSA) is 74.9 Å². The zero-order valence-corrected chi connectivity index (χ0v) is 11.6. The van der Waals surface area contributed by atoms with Gasteiger partial charge in [0.2, 0.25) is 0 Å². The van der Waals surface area contributed by atoms with Crippen molar-refractivity contribution in [1.82, 2.24) is 9.97 Å². The number of aromatic nitrogens is 2. The van der Waals surface area contributed by atoms with Crippen LogP contribution in [0.15, 0.2) is 30.5 Å². The summed E-state index contributed by atoms with van der Waals surface area (Å²) in [5, 5.41) is 9.62. The first-order valence-electron chi connectivity index (χ1n) is 6.46. The summed E-state index contributed by atoms with van der Waals surface area (Å²) >= 11 is 0. The van der Waals surface area contributed by atoms with Crippen LogP contribution in [-0.2, 0) is 5.41 Å². The fourth-order valence-electron chi connectivity index (χ4n) is 1.91. The molecule has 1 atom stereocenters. The van der Waals surface area contributed by atoms with E-state index < -0.39 is 6.10 Å². The number of nitrogens with two attached hydrogens (primary N) is 1. The third-order valence-corrected chi connectivity index (χ3v) is 3.20. The Balaban J connectivity index is 2.25. The summed E-state index contributed by atoms with van der Waals surface area (Å²) < 4.78 is 0. The fraction of sp³-hybridized carbons (Fsp3) is 0.400. The molecule has 19 heavy (non-hydrogen) atoms. The van der Waals surface area contributed by atoms with Crippen LogP contribution in [0.1, 0.15) is 38.3 Å². The van der Waals surface area contributed by atoms with Crippen molar-refractivity contribution in [1.29, 1.82) is 0 Å². The number of aliphatic hydroxyl groups excluding tert-OH is 1. The maximum atomic E-state index is 9.62. The molecule has 0 saturated carbocycles. The van der Waals surface area contributed by atoms with Crippen molar-refractivity contribution in [3.63, 3.8) is 0 Å². The van der Waals surface area contributed by atoms with Crippen molar-refractivity contribution < 1.29 is 5.11 Å². The van der Waals surface area contributed by atoms with E-state index in [1.165, 1.54) is 5.56 Å². The SMILES string of the molecule is CC(C)(C)c1ccc(-c2cnc(C(O)CN)[nH]2)cc1. The molecule has 1 aromatic carbocycles. The van der Waals surface area contributed by atoms with E-state index >= 15 is 0 Å². The lowest BCUT2D eigenvalue weighted by molar-refractivity contribution is 0.177. The Kier molecular flexibility index (Phi) is 3.73. The first kappa shape index (κ1) is 13.8. The van der Waals surface area contributed by atoms with Gasteiger partial charge in [-0.2, -0.15) is 0 Å². The smallest absolute Gasteiger partial charge is 0.136 e. The number of nitrogens with one attached hydrogen (secondary N) is 1. The lowest BCUT2D eigenvalue weighted by Crippen LogP contribution is -2.12. The Morgan fingerprint density at radius 1 is 1.26 bits per heavy atom. The van der Waals surface area contributed by atoms with E-state index in [1.807, 2.05) is 0 Å². The summed E-state index contributed by atoms with van der Waals surface area (Å²) in [6.07, 6.45) is 0.989. The van der Waals surface area contributed by atoms with E-state index in [1.54, 1.807) is 6.20 Å². The predicted molar refractivity (Wildman–Crippen MR) is 76.7 cm³/mol. The Labute approximate surface area is 113 Å². The maximum Gasteiger partial charge on any atom is 0.136 e. The van der Waals surface area contributed by atoms with Crippen LogP contribution in [0.25, 0.3) is 11.3 Å². The predicted octanol–water partition coefficient (Wildman–Crippen LogP) is 2.37. The molecule has 0 bridgehead atoms. The van der Waals surface area contributed by atoms with Crippen molar-refractivity contribution in [2.24, 2.45) is 5.73 Å². The van der Waals surface area contributed by atoms with E-state index in [2.05, 4.69) is 55.0 Å². The van der Waals surface area contributed by atoms with Crippen LogP contribution in [0.4, 0.5) is 0 Å². The molecule has 0 saturated heterocycles. The van der Waals surface area contributed by atoms with Gasteiger partial charge in [0.15, 0.2) is 0 Å². The lowest BCUT2D eigenvalue weighted by Gasteiger charge is -2.18. The van der Waals surface area contributed by atoms with Crippen molar-refractivity contribution >= 4 is 0 Å². The standard InChI is InChI=1S/C15H21N3O/c1-15(2,3)11-6-4-10(5-7-11)12-9-17-14(18-12)13(19)8-16/h4-7,9,13,19H,8,16H2,1-3H3,(H,17,18). The van der Waals surface area contributed by atoms with Crippen LogP contribution in [0.5, 0.6) is 0 Å². The monoisotopic (exact) mass is 259 g/mol. The van der Waals surface area contributed by atoms with Gasteiger partial charge < -0.3 is 15.8 Å². The third-order valence-electron chi connectivity index (χ3n) is 3.20. The van der Waals surface area contributed by atoms with E-state index in [0.717, 1.165) is 11.3 Å². The summed E-state index contributed by atoms with van der Waals surface area (Å²) in [6, 6.07) is 8.36. The number of hydrogen-bond donors (Lipinski definition) is 3. The van der Waals surface area contributed by atoms with Gasteiger partial charge in [-0.3, -0.25) is 0 Å². The molecular formula is C15H21N3O. The molecule has 4 N–H and O–H groups in total. The van der Waals surface area contributed by atoms with Crippen molar-refractivity contribution in [2.75, 3.05) is 6.54 Å². The molecule has 1 unspecified atom stereocenters. The van der Waals surface area contributed by atoms with E-state index in [-0.39, 0.29) is 12.0 Å². The summed E-state index contributed by atoms with van der Waals surface area (Å²) in [5.74, 6) is 0.511. The van der Waals surface area contributed by atoms with Crippen LogP contribution in [0.2, 0.25) is 0 Å². The minimum atomic E-state index is -0.734. The highest BCUT2D eigenvalue weighted by Gasteiger charge is 2.14. The molecule has 2 rings (SSSR count). The van der Waals surface area contributed by atoms with E-state index in [9.17, 15) is 5.11 Å². The Bertz CT molecular complexity index is 537. The molecule has 1 heterocycles. The van der Waals surface area contributed by atoms with Crippen molar-refractivity contribution in [3.05, 3.63) is 41.9 Å². The molecule has 0 aliphatic heterocycles. The second-order valence-electron chi connectivity index (χ2n) is 5.76. The molecule has 102 valence electrons. The van der Waals surface area contributed by atoms with Gasteiger partial charge in [0, 0.05) is 6.54 Å². The van der Waals surface area contributed by atoms with Gasteiger partial charge in [-0.1, -0.05) is 45.0 Å². The van der Waals surface area contributed by atoms with Gasteiger partial charge in [0.25, 0.3) is 0 Å². The highest BCUT2D eigenvalue weighted by Crippen LogP contribution is 2.25. The molecule has 0 aliphatic rings. The zero-order valence-electron chi connectivity index (χ0n) is 11.6. The lowest BCUT2D eigenvalue weighted by atomic mass is 9.86. The van der Waals surface area contributed by atoms with Crippen LogP contribution < -0.4 is 5.73 Å². The second-order valence-corrected chi connectivity index (χ2v) is 5.76. The number of imidazole rings is 1. The van der Waals surface area contributed by atoms with E-state index in [0.29, 0.717) is 5.82 Å². The Morgan fingerprint density at radius 2 is 1.89 bits per heavy atom. The maximum absolute atomic E-state index is 9.62. The van der Waals surface area contributed by atoms with Gasteiger partial charge in [0.1, 0.15) is 11.9 Å². The zero-order chi connectivity index (χ0) is 14.0. The average molecular weight is 259 g/mol. The first-order chi connectivity index (χ1) is 8.91. The van der Waals surface area contributed by atoms with Gasteiger partial charge in [-0.25, -0.2) is 4.98 Å². The largest absolute Gasteiger partial charge is 0.384 e. The normalized spacial score (nSPS) is 13.5. The Morgan fingerprint density at radius 3 is 2.42 bits per heavy atom. The molecule has 0 spiro atoms. The summed E-state index contributed by atoms with van der Waals surface area (Å²) in [7, 11) is 0. The van der Waals surface area contributed by atoms with Gasteiger partial charge in [0.05, 0.1) is 11.9 Å². The summed E-state index contributed by atoms with van der Waals surface area (Å²) in [6.45, 7) is 6.73. The van der Waals surface area contributed by atoms with Crippen LogP contribution in [0.3, 0.4) is 0 Å². The minimum absolute atomic E-state index is 0.146. The number of H-pyrrole nitrogens is 1. The van der Waals surface area contributed by atoms with Crippen LogP contribution in [-0.4, -0.2) is 21.6 Å². The van der Waals surface area contributed by atoms with Crippen LogP contribution >= 0.6 is 0 Å². The average Bonchev–Trinajstić information content (AvgIpc) is 2.86. The summed E-state index contributed by atoms with van der Waals surface area (Å²) in [5.41, 5.74) is 8.79. The highest BCUT2D eigenvalue weighted by atomic mass is 16.3. The Hall–Kier alpha value is -1.65. The molecule has 2 aromatic rings. The number of benzene rings is 1. The fourth-order valence-corrected chi connectivity index (χ4v) is 1.91. The van der Waals surface area contributed by atoms with Gasteiger partial charge >= 0.3 is 0 Å². The van der Waals surface area contributed by atoms with Gasteiger partial charge in [-0.15, -0.1) is 0 Å². The van der Waals surface area contributed by atoms with E-state index in [4.69, 9.17) is 5.73 Å². The third kappa shape index (κ3) is 3.03. The first-order valence-corrected chi connectivity index (χ1v) is 6.46. The molecule has 1 aromatic heterocycles. The molecule has 0 fully saturated rings. The quantitative estimate of drug-likeness (QED) is 0.792.